The number of nitrogens with two attached hydrogens (primary N) is 1. The molecule has 0 aliphatic carbocycles. The molecule has 0 saturated carbocycles. The molecule has 0 amide bonds. The lowest BCUT2D eigenvalue weighted by molar-refractivity contribution is 0.315. The van der Waals surface area contributed by atoms with E-state index in [2.05, 4.69) is 4.99 Å². The van der Waals surface area contributed by atoms with Crippen molar-refractivity contribution in [3.05, 3.63) is 59.9 Å². The van der Waals surface area contributed by atoms with E-state index in [1.54, 1.807) is 12.1 Å². The topological polar surface area (TPSA) is 47.6 Å². The summed E-state index contributed by atoms with van der Waals surface area (Å²) in [5.41, 5.74) is 8.58. The van der Waals surface area contributed by atoms with Crippen LogP contribution < -0.4 is 5.73 Å². The smallest absolute Gasteiger partial charge is 0.282 e. The molecule has 2 aromatic rings. The standard InChI is InChI=1S/C15H13FN2O/c16-13-7-5-11(6-8-13)10-1-3-12(4-2-10)14-9-19-15(17)18-14/h1-8,14H,9H2,(H2,17,18)/t14-/m1/s1. The Hall–Kier alpha value is -2.36. The molecule has 0 fully saturated rings. The van der Waals surface area contributed by atoms with Crippen molar-refractivity contribution in [2.75, 3.05) is 6.61 Å². The van der Waals surface area contributed by atoms with E-state index in [1.807, 2.05) is 24.3 Å². The van der Waals surface area contributed by atoms with Gasteiger partial charge in [0.05, 0.1) is 0 Å². The number of halogens is 1. The fourth-order valence-corrected chi connectivity index (χ4v) is 2.10. The van der Waals surface area contributed by atoms with Gasteiger partial charge < -0.3 is 10.5 Å². The van der Waals surface area contributed by atoms with Crippen molar-refractivity contribution in [3.63, 3.8) is 0 Å². The maximum absolute atomic E-state index is 12.9. The predicted molar refractivity (Wildman–Crippen MR) is 72.2 cm³/mol. The summed E-state index contributed by atoms with van der Waals surface area (Å²) in [6.07, 6.45) is 0. The van der Waals surface area contributed by atoms with Gasteiger partial charge in [0.1, 0.15) is 18.5 Å². The maximum atomic E-state index is 12.9. The van der Waals surface area contributed by atoms with Crippen LogP contribution >= 0.6 is 0 Å². The van der Waals surface area contributed by atoms with E-state index in [0.717, 1.165) is 16.7 Å². The van der Waals surface area contributed by atoms with Gasteiger partial charge >= 0.3 is 0 Å². The van der Waals surface area contributed by atoms with Crippen LogP contribution in [0.25, 0.3) is 11.1 Å². The maximum Gasteiger partial charge on any atom is 0.282 e. The minimum Gasteiger partial charge on any atom is -0.463 e. The van der Waals surface area contributed by atoms with Crippen LogP contribution in [0.1, 0.15) is 11.6 Å². The lowest BCUT2D eigenvalue weighted by Crippen LogP contribution is -2.10. The van der Waals surface area contributed by atoms with Gasteiger partial charge in [-0.1, -0.05) is 36.4 Å². The summed E-state index contributed by atoms with van der Waals surface area (Å²) in [6, 6.07) is 14.6. The van der Waals surface area contributed by atoms with Crippen molar-refractivity contribution in [2.24, 2.45) is 10.7 Å². The molecule has 96 valence electrons. The predicted octanol–water partition coefficient (Wildman–Crippen LogP) is 2.88. The first-order valence-corrected chi connectivity index (χ1v) is 6.04. The Labute approximate surface area is 110 Å². The number of nitrogens with zero attached hydrogens (tertiary/aromatic N) is 1. The molecule has 4 heteroatoms. The Balaban J connectivity index is 1.85. The molecule has 0 bridgehead atoms. The highest BCUT2D eigenvalue weighted by atomic mass is 19.1. The van der Waals surface area contributed by atoms with Gasteiger partial charge in [0.15, 0.2) is 0 Å². The minimum absolute atomic E-state index is 0.0257. The third kappa shape index (κ3) is 2.42. The highest BCUT2D eigenvalue weighted by Gasteiger charge is 2.18. The lowest BCUT2D eigenvalue weighted by atomic mass is 10.0. The Kier molecular flexibility index (Phi) is 2.91. The minimum atomic E-state index is -0.228. The average molecular weight is 256 g/mol. The number of aliphatic imine (C=N–C) groups is 1. The SMILES string of the molecule is NC1=N[C@@H](c2ccc(-c3ccc(F)cc3)cc2)CO1. The van der Waals surface area contributed by atoms with Gasteiger partial charge in [-0.25, -0.2) is 9.38 Å². The van der Waals surface area contributed by atoms with E-state index in [0.29, 0.717) is 6.61 Å². The highest BCUT2D eigenvalue weighted by molar-refractivity contribution is 5.73. The fourth-order valence-electron chi connectivity index (χ4n) is 2.10. The van der Waals surface area contributed by atoms with Crippen molar-refractivity contribution in [1.29, 1.82) is 0 Å². The first-order valence-electron chi connectivity index (χ1n) is 6.04. The molecular weight excluding hydrogens is 243 g/mol. The number of hydrogen-bond acceptors (Lipinski definition) is 3. The molecule has 2 N–H and O–H groups in total. The number of rotatable bonds is 2. The molecule has 2 aromatic carbocycles. The van der Waals surface area contributed by atoms with Gasteiger partial charge in [-0.05, 0) is 28.8 Å². The van der Waals surface area contributed by atoms with Crippen LogP contribution in [0.3, 0.4) is 0 Å². The van der Waals surface area contributed by atoms with E-state index in [-0.39, 0.29) is 17.9 Å². The van der Waals surface area contributed by atoms with Gasteiger partial charge in [0.2, 0.25) is 0 Å². The van der Waals surface area contributed by atoms with Crippen molar-refractivity contribution >= 4 is 6.02 Å². The third-order valence-electron chi connectivity index (χ3n) is 3.15. The first-order chi connectivity index (χ1) is 9.22. The summed E-state index contributed by atoms with van der Waals surface area (Å²) < 4.78 is 18.0. The van der Waals surface area contributed by atoms with Gasteiger partial charge in [-0.15, -0.1) is 0 Å². The molecule has 19 heavy (non-hydrogen) atoms. The summed E-state index contributed by atoms with van der Waals surface area (Å²) in [5.74, 6) is -0.228. The number of benzene rings is 2. The van der Waals surface area contributed by atoms with Gasteiger partial charge in [0.25, 0.3) is 6.02 Å². The van der Waals surface area contributed by atoms with Gasteiger partial charge in [-0.3, -0.25) is 0 Å². The van der Waals surface area contributed by atoms with Crippen LogP contribution in [-0.4, -0.2) is 12.6 Å². The second-order valence-corrected chi connectivity index (χ2v) is 4.42. The second-order valence-electron chi connectivity index (χ2n) is 4.42. The fraction of sp³-hybridized carbons (Fsp3) is 0.133. The molecule has 1 atom stereocenters. The molecule has 0 saturated heterocycles. The summed E-state index contributed by atoms with van der Waals surface area (Å²) in [4.78, 5) is 4.20. The zero-order valence-electron chi connectivity index (χ0n) is 10.2. The molecule has 0 unspecified atom stereocenters. The lowest BCUT2D eigenvalue weighted by Gasteiger charge is -2.07. The Bertz CT molecular complexity index is 605. The zero-order chi connectivity index (χ0) is 13.2. The van der Waals surface area contributed by atoms with E-state index in [9.17, 15) is 4.39 Å². The second kappa shape index (κ2) is 4.72. The Morgan fingerprint density at radius 3 is 2.11 bits per heavy atom. The summed E-state index contributed by atoms with van der Waals surface area (Å²) in [7, 11) is 0. The van der Waals surface area contributed by atoms with Crippen molar-refractivity contribution < 1.29 is 9.13 Å². The summed E-state index contributed by atoms with van der Waals surface area (Å²) in [5, 5.41) is 0. The Morgan fingerprint density at radius 2 is 1.58 bits per heavy atom. The largest absolute Gasteiger partial charge is 0.463 e. The normalized spacial score (nSPS) is 17.9. The molecule has 1 aliphatic heterocycles. The van der Waals surface area contributed by atoms with Crippen molar-refractivity contribution in [2.45, 2.75) is 6.04 Å². The molecular formula is C15H13FN2O. The van der Waals surface area contributed by atoms with Crippen LogP contribution in [-0.2, 0) is 4.74 Å². The van der Waals surface area contributed by atoms with E-state index in [1.165, 1.54) is 12.1 Å². The average Bonchev–Trinajstić information content (AvgIpc) is 2.87. The van der Waals surface area contributed by atoms with E-state index < -0.39 is 0 Å². The van der Waals surface area contributed by atoms with E-state index in [4.69, 9.17) is 10.5 Å². The molecule has 1 heterocycles. The van der Waals surface area contributed by atoms with E-state index >= 15 is 0 Å². The molecule has 3 nitrogen and oxygen atoms in total. The molecule has 0 spiro atoms. The molecule has 0 aromatic heterocycles. The van der Waals surface area contributed by atoms with Crippen LogP contribution in [0, 0.1) is 5.82 Å². The van der Waals surface area contributed by atoms with Crippen LogP contribution in [0.15, 0.2) is 53.5 Å². The number of hydrogen-bond donors (Lipinski definition) is 1. The monoisotopic (exact) mass is 256 g/mol. The quantitative estimate of drug-likeness (QED) is 0.898. The Morgan fingerprint density at radius 1 is 1.00 bits per heavy atom. The number of amidine groups is 1. The molecule has 0 radical (unpaired) electrons. The first kappa shape index (κ1) is 11.7. The highest BCUT2D eigenvalue weighted by Crippen LogP contribution is 2.25. The van der Waals surface area contributed by atoms with Crippen LogP contribution in [0.2, 0.25) is 0 Å². The van der Waals surface area contributed by atoms with Crippen molar-refractivity contribution in [3.8, 4) is 11.1 Å². The van der Waals surface area contributed by atoms with Gasteiger partial charge in [0, 0.05) is 0 Å². The van der Waals surface area contributed by atoms with Crippen LogP contribution in [0.5, 0.6) is 0 Å². The third-order valence-corrected chi connectivity index (χ3v) is 3.15. The molecule has 1 aliphatic rings. The van der Waals surface area contributed by atoms with Crippen molar-refractivity contribution in [1.82, 2.24) is 0 Å². The zero-order valence-corrected chi connectivity index (χ0v) is 10.2. The summed E-state index contributed by atoms with van der Waals surface area (Å²) in [6.45, 7) is 0.488. The molecule has 3 rings (SSSR count). The van der Waals surface area contributed by atoms with Crippen LogP contribution in [0.4, 0.5) is 4.39 Å². The summed E-state index contributed by atoms with van der Waals surface area (Å²) >= 11 is 0. The van der Waals surface area contributed by atoms with Gasteiger partial charge in [-0.2, -0.15) is 0 Å². The number of ether oxygens (including phenoxy) is 1.